The van der Waals surface area contributed by atoms with E-state index in [2.05, 4.69) is 111 Å². The highest BCUT2D eigenvalue weighted by Gasteiger charge is 2.25. The Morgan fingerprint density at radius 2 is 0.568 bits per heavy atom. The monoisotopic (exact) mass is 1330 g/mol. The van der Waals surface area contributed by atoms with Crippen LogP contribution in [0.2, 0.25) is 0 Å². The second-order valence-corrected chi connectivity index (χ2v) is 28.3. The Bertz CT molecular complexity index is 1890. The van der Waals surface area contributed by atoms with Crippen LogP contribution in [0.15, 0.2) is 97.2 Å². The zero-order valence-electron chi connectivity index (χ0n) is 63.1. The summed E-state index contributed by atoms with van der Waals surface area (Å²) in [4.78, 5) is 37.7. The number of rotatable bonds is 75. The van der Waals surface area contributed by atoms with Gasteiger partial charge < -0.3 is 28.5 Å². The van der Waals surface area contributed by atoms with Crippen molar-refractivity contribution in [3.8, 4) is 0 Å². The second-order valence-electron chi connectivity index (χ2n) is 28.3. The number of unbranched alkanes of at least 4 members (excludes halogenated alkanes) is 44. The van der Waals surface area contributed by atoms with Crippen LogP contribution in [0, 0.1) is 0 Å². The smallest absolute Gasteiger partial charge is 0.361 e. The van der Waals surface area contributed by atoms with Gasteiger partial charge >= 0.3 is 17.9 Å². The van der Waals surface area contributed by atoms with Gasteiger partial charge in [0, 0.05) is 12.8 Å². The van der Waals surface area contributed by atoms with Crippen LogP contribution in [0.25, 0.3) is 0 Å². The van der Waals surface area contributed by atoms with Crippen molar-refractivity contribution in [1.29, 1.82) is 0 Å². The fourth-order valence-corrected chi connectivity index (χ4v) is 11.8. The first kappa shape index (κ1) is 91.2. The number of carbonyl (C=O) groups excluding carboxylic acids is 2. The van der Waals surface area contributed by atoms with Gasteiger partial charge in [0.15, 0.2) is 6.10 Å². The Morgan fingerprint density at radius 3 is 0.842 bits per heavy atom. The zero-order valence-corrected chi connectivity index (χ0v) is 63.1. The maximum Gasteiger partial charge on any atom is 0.361 e. The lowest BCUT2D eigenvalue weighted by atomic mass is 10.0. The lowest BCUT2D eigenvalue weighted by Gasteiger charge is -2.25. The van der Waals surface area contributed by atoms with Crippen molar-refractivity contribution in [3.05, 3.63) is 97.2 Å². The molecule has 0 amide bonds. The van der Waals surface area contributed by atoms with E-state index < -0.39 is 18.4 Å². The van der Waals surface area contributed by atoms with Crippen LogP contribution in [-0.2, 0) is 33.3 Å². The van der Waals surface area contributed by atoms with Gasteiger partial charge in [-0.05, 0) is 89.9 Å². The molecule has 0 bridgehead atoms. The molecule has 0 rings (SSSR count). The highest BCUT2D eigenvalue weighted by molar-refractivity contribution is 5.71. The fraction of sp³-hybridized carbons (Fsp3) is 0.779. The molecule has 0 fully saturated rings. The number of nitrogens with zero attached hydrogens (tertiary/aromatic N) is 1. The molecule has 0 heterocycles. The first-order valence-electron chi connectivity index (χ1n) is 40.4. The van der Waals surface area contributed by atoms with Gasteiger partial charge in [-0.3, -0.25) is 9.59 Å². The lowest BCUT2D eigenvalue weighted by Crippen LogP contribution is -2.40. The normalized spacial score (nSPS) is 13.1. The molecule has 0 aromatic carbocycles. The van der Waals surface area contributed by atoms with Crippen molar-refractivity contribution in [2.75, 3.05) is 47.5 Å². The van der Waals surface area contributed by atoms with E-state index >= 15 is 0 Å². The Labute approximate surface area is 588 Å². The third-order valence-corrected chi connectivity index (χ3v) is 17.8. The summed E-state index contributed by atoms with van der Waals surface area (Å²) in [7, 11) is 5.99. The molecule has 1 N–H and O–H groups in total. The van der Waals surface area contributed by atoms with E-state index in [1.165, 1.54) is 257 Å². The molecule has 0 aliphatic carbocycles. The molecule has 0 saturated carbocycles. The number of carboxylic acids is 1. The zero-order chi connectivity index (χ0) is 69.0. The molecule has 9 nitrogen and oxygen atoms in total. The maximum atomic E-state index is 13.0. The van der Waals surface area contributed by atoms with Gasteiger partial charge in [-0.1, -0.05) is 368 Å². The summed E-state index contributed by atoms with van der Waals surface area (Å²) in [6.07, 6.45) is 103. The first-order chi connectivity index (χ1) is 46.6. The Morgan fingerprint density at radius 1 is 0.316 bits per heavy atom. The number of hydrogen-bond acceptors (Lipinski definition) is 7. The molecule has 95 heavy (non-hydrogen) atoms. The van der Waals surface area contributed by atoms with Crippen LogP contribution >= 0.6 is 0 Å². The van der Waals surface area contributed by atoms with Crippen LogP contribution < -0.4 is 0 Å². The van der Waals surface area contributed by atoms with Crippen molar-refractivity contribution in [1.82, 2.24) is 0 Å². The molecule has 2 atom stereocenters. The molecule has 0 saturated heterocycles. The number of esters is 2. The topological polar surface area (TPSA) is 108 Å². The van der Waals surface area contributed by atoms with Gasteiger partial charge in [0.05, 0.1) is 34.4 Å². The van der Waals surface area contributed by atoms with Crippen molar-refractivity contribution in [2.45, 2.75) is 386 Å². The third-order valence-electron chi connectivity index (χ3n) is 17.8. The average molecular weight is 1330 g/mol. The average Bonchev–Trinajstić information content (AvgIpc) is 3.54. The van der Waals surface area contributed by atoms with Gasteiger partial charge in [0.2, 0.25) is 0 Å². The van der Waals surface area contributed by atoms with Gasteiger partial charge in [0.25, 0.3) is 6.29 Å². The van der Waals surface area contributed by atoms with Gasteiger partial charge in [0.1, 0.15) is 13.2 Å². The quantitative estimate of drug-likeness (QED) is 0.0211. The molecule has 0 radical (unpaired) electrons. The number of aliphatic carboxylic acids is 1. The molecule has 0 aliphatic heterocycles. The number of quaternary nitrogens is 1. The Balaban J connectivity index is 3.95. The second kappa shape index (κ2) is 76.0. The number of ether oxygens (including phenoxy) is 4. The van der Waals surface area contributed by atoms with Gasteiger partial charge in [-0.15, -0.1) is 0 Å². The molecule has 0 aromatic rings. The molecular weight excluding hydrogens is 1170 g/mol. The Hall–Kier alpha value is -3.79. The highest BCUT2D eigenvalue weighted by Crippen LogP contribution is 2.19. The van der Waals surface area contributed by atoms with Crippen LogP contribution in [0.1, 0.15) is 373 Å². The van der Waals surface area contributed by atoms with E-state index in [9.17, 15) is 19.5 Å². The fourth-order valence-electron chi connectivity index (χ4n) is 11.8. The van der Waals surface area contributed by atoms with E-state index in [1.54, 1.807) is 0 Å². The summed E-state index contributed by atoms with van der Waals surface area (Å²) >= 11 is 0. The number of allylic oxidation sites excluding steroid dienone is 16. The SMILES string of the molecule is CC/C=C\C/C=C\C/C=C\C/C=C\CCCCCCCCCCCCCCCCCCCCCCCCCCCCCCC(=O)OC(COC(=O)CCCCCCCCCCCCCCCCCC/C=C\C/C=C\C/C=C\C/C=C\CC)COC(OCC[N+](C)(C)C)C(=O)O. The minimum Gasteiger partial charge on any atom is -0.477 e. The lowest BCUT2D eigenvalue weighted by molar-refractivity contribution is -0.870. The van der Waals surface area contributed by atoms with Crippen LogP contribution in [0.4, 0.5) is 0 Å². The van der Waals surface area contributed by atoms with Crippen molar-refractivity contribution >= 4 is 17.9 Å². The standard InChI is InChI=1S/C86H153NO8/c1-6-8-10-12-14-16-18-20-22-24-26-28-30-32-34-36-37-38-39-40-41-42-43-44-45-46-47-49-51-53-55-57-59-61-63-65-67-69-71-73-75-77-84(89)95-82(81-94-86(85(90)91)92-79-78-87(3,4)5)80-93-83(88)76-74-72-70-68-66-64-62-60-58-56-54-52-50-48-35-33-31-29-27-25-23-21-19-17-15-13-11-9-7-2/h8-11,14-17,20-23,26-29,82,86H,6-7,12-13,18-19,24-25,30-81H2,1-5H3/p+1/b10-8-,11-9-,16-14-,17-15-,22-20-,23-21-,28-26-,29-27-. The summed E-state index contributed by atoms with van der Waals surface area (Å²) < 4.78 is 23.1. The van der Waals surface area contributed by atoms with Crippen LogP contribution in [0.3, 0.4) is 0 Å². The largest absolute Gasteiger partial charge is 0.477 e. The van der Waals surface area contributed by atoms with Crippen LogP contribution in [-0.4, -0.2) is 87.4 Å². The summed E-state index contributed by atoms with van der Waals surface area (Å²) in [5.74, 6) is -1.98. The van der Waals surface area contributed by atoms with Gasteiger partial charge in [-0.25, -0.2) is 4.79 Å². The Kier molecular flexibility index (Phi) is 72.9. The van der Waals surface area contributed by atoms with Crippen molar-refractivity contribution in [3.63, 3.8) is 0 Å². The minimum absolute atomic E-state index is 0.180. The highest BCUT2D eigenvalue weighted by atomic mass is 16.7. The molecule has 0 spiro atoms. The van der Waals surface area contributed by atoms with Crippen LogP contribution in [0.5, 0.6) is 0 Å². The van der Waals surface area contributed by atoms with Crippen molar-refractivity contribution in [2.24, 2.45) is 0 Å². The van der Waals surface area contributed by atoms with E-state index in [0.29, 0.717) is 17.4 Å². The summed E-state index contributed by atoms with van der Waals surface area (Å²) in [5, 5.41) is 9.78. The van der Waals surface area contributed by atoms with Gasteiger partial charge in [-0.2, -0.15) is 0 Å². The molecule has 550 valence electrons. The molecule has 0 aromatic heterocycles. The molecule has 2 unspecified atom stereocenters. The third kappa shape index (κ3) is 77.4. The maximum absolute atomic E-state index is 13.0. The van der Waals surface area contributed by atoms with E-state index in [-0.39, 0.29) is 38.2 Å². The van der Waals surface area contributed by atoms with E-state index in [0.717, 1.165) is 89.9 Å². The summed E-state index contributed by atoms with van der Waals surface area (Å²) in [5.41, 5.74) is 0. The molecular formula is C86H154NO8+. The van der Waals surface area contributed by atoms with E-state index in [4.69, 9.17) is 18.9 Å². The minimum atomic E-state index is -1.51. The molecule has 0 aliphatic rings. The summed E-state index contributed by atoms with van der Waals surface area (Å²) in [6.45, 7) is 4.71. The predicted molar refractivity (Wildman–Crippen MR) is 410 cm³/mol. The number of hydrogen-bond donors (Lipinski definition) is 1. The summed E-state index contributed by atoms with van der Waals surface area (Å²) in [6, 6.07) is 0. The number of carboxylic acid groups (broad SMARTS) is 1. The number of likely N-dealkylation sites (N-methyl/N-ethyl adjacent to an activating group) is 1. The van der Waals surface area contributed by atoms with E-state index in [1.807, 2.05) is 21.1 Å². The van der Waals surface area contributed by atoms with Crippen molar-refractivity contribution < 1.29 is 42.9 Å². The predicted octanol–water partition coefficient (Wildman–Crippen LogP) is 25.9. The number of carbonyl (C=O) groups is 3. The first-order valence-corrected chi connectivity index (χ1v) is 40.4. The molecule has 9 heteroatoms.